The monoisotopic (exact) mass is 348 g/mol. The smallest absolute Gasteiger partial charge is 0.166 e. The fraction of sp³-hybridized carbons (Fsp3) is 0.0435. The number of allylic oxidation sites excluding steroid dienone is 2. The Morgan fingerprint density at radius 3 is 1.65 bits per heavy atom. The van der Waals surface area contributed by atoms with Crippen molar-refractivity contribution < 1.29 is 13.2 Å². The minimum atomic E-state index is -4.43. The molecule has 4 rings (SSSR count). The van der Waals surface area contributed by atoms with Crippen LogP contribution in [-0.2, 0) is 0 Å². The van der Waals surface area contributed by atoms with Crippen LogP contribution in [0, 0.1) is 0 Å². The van der Waals surface area contributed by atoms with Crippen molar-refractivity contribution in [2.24, 2.45) is 0 Å². The predicted octanol–water partition coefficient (Wildman–Crippen LogP) is 6.61. The summed E-state index contributed by atoms with van der Waals surface area (Å²) in [6, 6.07) is 25.5. The van der Waals surface area contributed by atoms with Gasteiger partial charge in [0.15, 0.2) is 0 Å². The Labute approximate surface area is 149 Å². The summed E-state index contributed by atoms with van der Waals surface area (Å²) in [5.74, 6) is 0. The number of hydrogen-bond acceptors (Lipinski definition) is 0. The van der Waals surface area contributed by atoms with Crippen LogP contribution in [0.15, 0.2) is 90.5 Å². The molecule has 0 spiro atoms. The molecule has 3 heteroatoms. The first-order chi connectivity index (χ1) is 12.6. The number of rotatable bonds is 2. The SMILES string of the molecule is FC(F)(F)C1=Cc2ccccc2C1=C(c1ccccc1)c1ccccc1. The summed E-state index contributed by atoms with van der Waals surface area (Å²) in [6.07, 6.45) is -3.18. The van der Waals surface area contributed by atoms with Crippen LogP contribution in [-0.4, -0.2) is 6.18 Å². The van der Waals surface area contributed by atoms with Gasteiger partial charge < -0.3 is 0 Å². The topological polar surface area (TPSA) is 0 Å². The van der Waals surface area contributed by atoms with Gasteiger partial charge in [0.25, 0.3) is 0 Å². The van der Waals surface area contributed by atoms with E-state index >= 15 is 0 Å². The van der Waals surface area contributed by atoms with Crippen molar-refractivity contribution in [2.75, 3.05) is 0 Å². The standard InChI is InChI=1S/C23H15F3/c24-23(25,26)20-15-18-13-7-8-14-19(18)22(20)21(16-9-3-1-4-10-16)17-11-5-2-6-12-17/h1-15H. The Kier molecular flexibility index (Phi) is 4.00. The zero-order valence-electron chi connectivity index (χ0n) is 13.8. The first kappa shape index (κ1) is 16.4. The molecule has 0 heterocycles. The fourth-order valence-corrected chi connectivity index (χ4v) is 3.38. The minimum Gasteiger partial charge on any atom is -0.166 e. The van der Waals surface area contributed by atoms with Crippen LogP contribution in [0.3, 0.4) is 0 Å². The summed E-state index contributed by atoms with van der Waals surface area (Å²) >= 11 is 0. The molecule has 0 N–H and O–H groups in total. The van der Waals surface area contributed by atoms with Gasteiger partial charge in [-0.3, -0.25) is 0 Å². The van der Waals surface area contributed by atoms with E-state index < -0.39 is 11.7 Å². The maximum Gasteiger partial charge on any atom is 0.417 e. The number of benzene rings is 3. The zero-order chi connectivity index (χ0) is 18.1. The van der Waals surface area contributed by atoms with Crippen LogP contribution in [0.5, 0.6) is 0 Å². The van der Waals surface area contributed by atoms with Crippen LogP contribution < -0.4 is 0 Å². The number of alkyl halides is 3. The molecule has 0 aliphatic heterocycles. The molecule has 3 aromatic carbocycles. The Bertz CT molecular complexity index is 953. The lowest BCUT2D eigenvalue weighted by Gasteiger charge is -2.18. The van der Waals surface area contributed by atoms with Crippen LogP contribution in [0.25, 0.3) is 17.2 Å². The van der Waals surface area contributed by atoms with Crippen molar-refractivity contribution in [1.29, 1.82) is 0 Å². The summed E-state index contributed by atoms with van der Waals surface area (Å²) in [5.41, 5.74) is 2.98. The summed E-state index contributed by atoms with van der Waals surface area (Å²) < 4.78 is 41.6. The third kappa shape index (κ3) is 2.86. The van der Waals surface area contributed by atoms with Crippen LogP contribution in [0.4, 0.5) is 13.2 Å². The average molecular weight is 348 g/mol. The molecule has 0 unspecified atom stereocenters. The zero-order valence-corrected chi connectivity index (χ0v) is 13.8. The molecule has 0 aromatic heterocycles. The van der Waals surface area contributed by atoms with Gasteiger partial charge in [-0.1, -0.05) is 84.9 Å². The summed E-state index contributed by atoms with van der Waals surface area (Å²) in [5, 5.41) is 0. The quantitative estimate of drug-likeness (QED) is 0.489. The Balaban J connectivity index is 2.10. The molecule has 3 aromatic rings. The van der Waals surface area contributed by atoms with Crippen LogP contribution in [0.2, 0.25) is 0 Å². The van der Waals surface area contributed by atoms with Gasteiger partial charge in [-0.2, -0.15) is 13.2 Å². The van der Waals surface area contributed by atoms with Crippen LogP contribution in [0.1, 0.15) is 22.3 Å². The van der Waals surface area contributed by atoms with Crippen molar-refractivity contribution in [3.05, 3.63) is 113 Å². The highest BCUT2D eigenvalue weighted by atomic mass is 19.4. The lowest BCUT2D eigenvalue weighted by Crippen LogP contribution is -2.12. The number of halogens is 3. The first-order valence-corrected chi connectivity index (χ1v) is 8.29. The second kappa shape index (κ2) is 6.34. The minimum absolute atomic E-state index is 0.241. The van der Waals surface area contributed by atoms with E-state index in [9.17, 15) is 13.2 Å². The van der Waals surface area contributed by atoms with Gasteiger partial charge in [0.1, 0.15) is 0 Å². The lowest BCUT2D eigenvalue weighted by atomic mass is 9.87. The highest BCUT2D eigenvalue weighted by molar-refractivity contribution is 6.10. The lowest BCUT2D eigenvalue weighted by molar-refractivity contribution is -0.0859. The molecule has 0 atom stereocenters. The van der Waals surface area contributed by atoms with Crippen molar-refractivity contribution in [3.63, 3.8) is 0 Å². The van der Waals surface area contributed by atoms with E-state index in [1.165, 1.54) is 6.08 Å². The summed E-state index contributed by atoms with van der Waals surface area (Å²) in [6.45, 7) is 0. The molecular weight excluding hydrogens is 333 g/mol. The van der Waals surface area contributed by atoms with E-state index in [1.54, 1.807) is 24.3 Å². The third-order valence-electron chi connectivity index (χ3n) is 4.48. The summed E-state index contributed by atoms with van der Waals surface area (Å²) in [4.78, 5) is 0. The number of hydrogen-bond donors (Lipinski definition) is 0. The van der Waals surface area contributed by atoms with Crippen molar-refractivity contribution in [1.82, 2.24) is 0 Å². The van der Waals surface area contributed by atoms with Gasteiger partial charge in [-0.15, -0.1) is 0 Å². The summed E-state index contributed by atoms with van der Waals surface area (Å²) in [7, 11) is 0. The molecule has 1 aliphatic rings. The third-order valence-corrected chi connectivity index (χ3v) is 4.48. The van der Waals surface area contributed by atoms with Gasteiger partial charge >= 0.3 is 6.18 Å². The largest absolute Gasteiger partial charge is 0.417 e. The Morgan fingerprint density at radius 2 is 1.12 bits per heavy atom. The van der Waals surface area contributed by atoms with E-state index in [1.807, 2.05) is 60.7 Å². The fourth-order valence-electron chi connectivity index (χ4n) is 3.38. The van der Waals surface area contributed by atoms with E-state index in [-0.39, 0.29) is 5.57 Å². The second-order valence-electron chi connectivity index (χ2n) is 6.13. The molecule has 0 bridgehead atoms. The Hall–Kier alpha value is -3.07. The maximum atomic E-state index is 13.9. The van der Waals surface area contributed by atoms with E-state index in [2.05, 4.69) is 0 Å². The van der Waals surface area contributed by atoms with Crippen molar-refractivity contribution >= 4 is 17.2 Å². The molecule has 0 saturated heterocycles. The van der Waals surface area contributed by atoms with E-state index in [4.69, 9.17) is 0 Å². The molecule has 1 aliphatic carbocycles. The van der Waals surface area contributed by atoms with Gasteiger partial charge in [0, 0.05) is 5.57 Å². The molecule has 128 valence electrons. The van der Waals surface area contributed by atoms with Gasteiger partial charge in [0.05, 0.1) is 5.57 Å². The molecule has 0 nitrogen and oxygen atoms in total. The van der Waals surface area contributed by atoms with Crippen molar-refractivity contribution in [3.8, 4) is 0 Å². The molecule has 0 saturated carbocycles. The first-order valence-electron chi connectivity index (χ1n) is 8.29. The Morgan fingerprint density at radius 1 is 0.615 bits per heavy atom. The molecule has 26 heavy (non-hydrogen) atoms. The average Bonchev–Trinajstić information content (AvgIpc) is 3.04. The highest BCUT2D eigenvalue weighted by Crippen LogP contribution is 2.48. The van der Waals surface area contributed by atoms with Crippen LogP contribution >= 0.6 is 0 Å². The second-order valence-corrected chi connectivity index (χ2v) is 6.13. The highest BCUT2D eigenvalue weighted by Gasteiger charge is 2.41. The van der Waals surface area contributed by atoms with Gasteiger partial charge in [-0.25, -0.2) is 0 Å². The van der Waals surface area contributed by atoms with E-state index in [0.717, 1.165) is 11.1 Å². The molecular formula is C23H15F3. The normalized spacial score (nSPS) is 13.3. The van der Waals surface area contributed by atoms with Gasteiger partial charge in [-0.05, 0) is 33.9 Å². The number of fused-ring (bicyclic) bond motifs is 1. The molecule has 0 amide bonds. The molecule has 0 radical (unpaired) electrons. The van der Waals surface area contributed by atoms with Gasteiger partial charge in [0.2, 0.25) is 0 Å². The predicted molar refractivity (Wildman–Crippen MR) is 99.3 cm³/mol. The maximum absolute atomic E-state index is 13.9. The van der Waals surface area contributed by atoms with Crippen molar-refractivity contribution in [2.45, 2.75) is 6.18 Å². The van der Waals surface area contributed by atoms with E-state index in [0.29, 0.717) is 16.7 Å². The molecule has 0 fully saturated rings.